The Kier molecular flexibility index (Phi) is 3.36. The van der Waals surface area contributed by atoms with Gasteiger partial charge >= 0.3 is 0 Å². The largest absolute Gasteiger partial charge is 0.397 e. The molecule has 5 heteroatoms. The fourth-order valence-electron chi connectivity index (χ4n) is 1.80. The maximum absolute atomic E-state index is 12.1. The van der Waals surface area contributed by atoms with Crippen LogP contribution in [0.4, 0.5) is 5.69 Å². The van der Waals surface area contributed by atoms with Crippen molar-refractivity contribution in [3.05, 3.63) is 24.0 Å². The molecule has 86 valence electrons. The molecule has 1 aromatic rings. The van der Waals surface area contributed by atoms with E-state index in [1.807, 2.05) is 0 Å². The standard InChI is InChI=1S/C11H16N4O/c12-9-3-1-5-14-10(9)11(16)15-7-2-4-13-6-8-15/h1,3,5,13H,2,4,6-8,12H2. The van der Waals surface area contributed by atoms with E-state index in [9.17, 15) is 4.79 Å². The quantitative estimate of drug-likeness (QED) is 0.704. The highest BCUT2D eigenvalue weighted by Crippen LogP contribution is 2.11. The van der Waals surface area contributed by atoms with Crippen LogP contribution in [0.3, 0.4) is 0 Å². The molecule has 0 unspecified atom stereocenters. The first-order valence-electron chi connectivity index (χ1n) is 5.49. The van der Waals surface area contributed by atoms with E-state index < -0.39 is 0 Å². The third-order valence-corrected chi connectivity index (χ3v) is 2.67. The maximum atomic E-state index is 12.1. The zero-order valence-corrected chi connectivity index (χ0v) is 9.15. The van der Waals surface area contributed by atoms with Crippen molar-refractivity contribution >= 4 is 11.6 Å². The number of carbonyl (C=O) groups is 1. The summed E-state index contributed by atoms with van der Waals surface area (Å²) in [7, 11) is 0. The normalized spacial score (nSPS) is 16.9. The van der Waals surface area contributed by atoms with Gasteiger partial charge in [0.05, 0.1) is 5.69 Å². The number of rotatable bonds is 1. The van der Waals surface area contributed by atoms with E-state index >= 15 is 0 Å². The van der Waals surface area contributed by atoms with Gasteiger partial charge in [-0.2, -0.15) is 0 Å². The molecule has 16 heavy (non-hydrogen) atoms. The molecule has 0 radical (unpaired) electrons. The molecule has 1 fully saturated rings. The summed E-state index contributed by atoms with van der Waals surface area (Å²) in [6, 6.07) is 3.44. The zero-order valence-electron chi connectivity index (χ0n) is 9.15. The van der Waals surface area contributed by atoms with Crippen molar-refractivity contribution in [2.45, 2.75) is 6.42 Å². The number of nitrogens with one attached hydrogen (secondary N) is 1. The average Bonchev–Trinajstić information content (AvgIpc) is 2.57. The molecule has 0 atom stereocenters. The van der Waals surface area contributed by atoms with Crippen molar-refractivity contribution in [3.63, 3.8) is 0 Å². The summed E-state index contributed by atoms with van der Waals surface area (Å²) in [6.45, 7) is 3.27. The molecular formula is C11H16N4O. The molecule has 1 aromatic heterocycles. The third-order valence-electron chi connectivity index (χ3n) is 2.67. The summed E-state index contributed by atoms with van der Waals surface area (Å²) in [6.07, 6.45) is 2.57. The minimum atomic E-state index is -0.0678. The summed E-state index contributed by atoms with van der Waals surface area (Å²) >= 11 is 0. The second kappa shape index (κ2) is 4.94. The van der Waals surface area contributed by atoms with Gasteiger partial charge in [-0.25, -0.2) is 4.98 Å². The minimum Gasteiger partial charge on any atom is -0.397 e. The van der Waals surface area contributed by atoms with Crippen LogP contribution in [-0.4, -0.2) is 42.0 Å². The first-order valence-corrected chi connectivity index (χ1v) is 5.49. The number of pyridine rings is 1. The molecule has 2 heterocycles. The first-order chi connectivity index (χ1) is 7.79. The van der Waals surface area contributed by atoms with Gasteiger partial charge in [0.2, 0.25) is 0 Å². The van der Waals surface area contributed by atoms with E-state index in [1.54, 1.807) is 23.2 Å². The highest BCUT2D eigenvalue weighted by molar-refractivity contribution is 5.97. The minimum absolute atomic E-state index is 0.0678. The van der Waals surface area contributed by atoms with Crippen molar-refractivity contribution in [2.75, 3.05) is 31.9 Å². The van der Waals surface area contributed by atoms with Crippen molar-refractivity contribution < 1.29 is 4.79 Å². The summed E-state index contributed by atoms with van der Waals surface area (Å²) < 4.78 is 0. The first kappa shape index (κ1) is 10.9. The van der Waals surface area contributed by atoms with Crippen LogP contribution in [0.15, 0.2) is 18.3 Å². The highest BCUT2D eigenvalue weighted by Gasteiger charge is 2.19. The van der Waals surface area contributed by atoms with E-state index in [1.165, 1.54) is 0 Å². The van der Waals surface area contributed by atoms with Gasteiger partial charge in [-0.05, 0) is 25.1 Å². The van der Waals surface area contributed by atoms with Crippen molar-refractivity contribution in [1.82, 2.24) is 15.2 Å². The lowest BCUT2D eigenvalue weighted by Gasteiger charge is -2.19. The van der Waals surface area contributed by atoms with Crippen molar-refractivity contribution in [2.24, 2.45) is 0 Å². The molecule has 1 aliphatic rings. The Hall–Kier alpha value is -1.62. The fourth-order valence-corrected chi connectivity index (χ4v) is 1.80. The number of nitrogen functional groups attached to an aromatic ring is 1. The van der Waals surface area contributed by atoms with Crippen LogP contribution in [0, 0.1) is 0 Å². The van der Waals surface area contributed by atoms with Crippen molar-refractivity contribution in [1.29, 1.82) is 0 Å². The molecule has 3 N–H and O–H groups in total. The number of carbonyl (C=O) groups excluding carboxylic acids is 1. The number of aromatic nitrogens is 1. The lowest BCUT2D eigenvalue weighted by Crippen LogP contribution is -2.35. The van der Waals surface area contributed by atoms with Crippen molar-refractivity contribution in [3.8, 4) is 0 Å². The molecule has 0 spiro atoms. The van der Waals surface area contributed by atoms with E-state index in [2.05, 4.69) is 10.3 Å². The van der Waals surface area contributed by atoms with Crippen LogP contribution in [0.25, 0.3) is 0 Å². The number of hydrogen-bond donors (Lipinski definition) is 2. The second-order valence-corrected chi connectivity index (χ2v) is 3.84. The maximum Gasteiger partial charge on any atom is 0.274 e. The van der Waals surface area contributed by atoms with E-state index in [-0.39, 0.29) is 5.91 Å². The number of nitrogens with zero attached hydrogens (tertiary/aromatic N) is 2. The molecule has 2 rings (SSSR count). The van der Waals surface area contributed by atoms with E-state index in [0.717, 1.165) is 32.6 Å². The summed E-state index contributed by atoms with van der Waals surface area (Å²) in [5.74, 6) is -0.0678. The molecule has 0 aliphatic carbocycles. The molecule has 1 saturated heterocycles. The number of nitrogens with two attached hydrogens (primary N) is 1. The molecule has 0 bridgehead atoms. The van der Waals surface area contributed by atoms with Crippen LogP contribution in [0.5, 0.6) is 0 Å². The Labute approximate surface area is 94.6 Å². The van der Waals surface area contributed by atoms with Gasteiger partial charge in [-0.15, -0.1) is 0 Å². The lowest BCUT2D eigenvalue weighted by atomic mass is 10.2. The molecule has 1 aliphatic heterocycles. The average molecular weight is 220 g/mol. The summed E-state index contributed by atoms with van der Waals surface area (Å²) in [5.41, 5.74) is 6.56. The summed E-state index contributed by atoms with van der Waals surface area (Å²) in [4.78, 5) is 18.0. The molecule has 0 saturated carbocycles. The topological polar surface area (TPSA) is 71.2 Å². The lowest BCUT2D eigenvalue weighted by molar-refractivity contribution is 0.0761. The fraction of sp³-hybridized carbons (Fsp3) is 0.455. The monoisotopic (exact) mass is 220 g/mol. The molecule has 5 nitrogen and oxygen atoms in total. The Morgan fingerprint density at radius 3 is 3.12 bits per heavy atom. The third kappa shape index (κ3) is 2.30. The predicted octanol–water partition coefficient (Wildman–Crippen LogP) is 0.0993. The van der Waals surface area contributed by atoms with Gasteiger partial charge in [-0.1, -0.05) is 0 Å². The Morgan fingerprint density at radius 1 is 1.44 bits per heavy atom. The van der Waals surface area contributed by atoms with Gasteiger partial charge in [0.15, 0.2) is 5.69 Å². The molecule has 1 amide bonds. The predicted molar refractivity (Wildman–Crippen MR) is 62.0 cm³/mol. The van der Waals surface area contributed by atoms with Gasteiger partial charge in [0.25, 0.3) is 5.91 Å². The zero-order chi connectivity index (χ0) is 11.4. The molecule has 0 aromatic carbocycles. The van der Waals surface area contributed by atoms with Crippen LogP contribution >= 0.6 is 0 Å². The van der Waals surface area contributed by atoms with Gasteiger partial charge < -0.3 is 16.0 Å². The van der Waals surface area contributed by atoms with E-state index in [0.29, 0.717) is 11.4 Å². The van der Waals surface area contributed by atoms with Gasteiger partial charge in [0, 0.05) is 25.8 Å². The number of hydrogen-bond acceptors (Lipinski definition) is 4. The smallest absolute Gasteiger partial charge is 0.274 e. The van der Waals surface area contributed by atoms with Crippen LogP contribution in [0.2, 0.25) is 0 Å². The van der Waals surface area contributed by atoms with Crippen LogP contribution in [0.1, 0.15) is 16.9 Å². The molecular weight excluding hydrogens is 204 g/mol. The number of amides is 1. The second-order valence-electron chi connectivity index (χ2n) is 3.84. The Balaban J connectivity index is 2.14. The van der Waals surface area contributed by atoms with Crippen LogP contribution in [-0.2, 0) is 0 Å². The van der Waals surface area contributed by atoms with E-state index in [4.69, 9.17) is 5.73 Å². The Morgan fingerprint density at radius 2 is 2.31 bits per heavy atom. The Bertz CT molecular complexity index is 372. The highest BCUT2D eigenvalue weighted by atomic mass is 16.2. The number of anilines is 1. The SMILES string of the molecule is Nc1cccnc1C(=O)N1CCCNCC1. The van der Waals surface area contributed by atoms with Gasteiger partial charge in [0.1, 0.15) is 0 Å². The summed E-state index contributed by atoms with van der Waals surface area (Å²) in [5, 5.41) is 3.25. The van der Waals surface area contributed by atoms with Crippen LogP contribution < -0.4 is 11.1 Å². The van der Waals surface area contributed by atoms with Gasteiger partial charge in [-0.3, -0.25) is 4.79 Å².